The van der Waals surface area contributed by atoms with Crippen LogP contribution in [-0.2, 0) is 11.3 Å². The van der Waals surface area contributed by atoms with Crippen LogP contribution in [0.25, 0.3) is 0 Å². The monoisotopic (exact) mass is 293 g/mol. The standard InChI is InChI=1S/C14H19N3O4/c1-2-12(14(15)18)21-13-6-5-11(17(19)20)7-9(13)8-16-10-3-4-10/h5-7,10,12,16H,2-4,8H2,1H3,(H2,15,18). The third-order valence-electron chi connectivity index (χ3n) is 3.37. The zero-order chi connectivity index (χ0) is 15.4. The molecule has 1 fully saturated rings. The number of amides is 1. The van der Waals surface area contributed by atoms with E-state index >= 15 is 0 Å². The van der Waals surface area contributed by atoms with Gasteiger partial charge in [0.1, 0.15) is 5.75 Å². The summed E-state index contributed by atoms with van der Waals surface area (Å²) >= 11 is 0. The highest BCUT2D eigenvalue weighted by Gasteiger charge is 2.23. The molecule has 1 aromatic rings. The number of hydrogen-bond acceptors (Lipinski definition) is 5. The number of benzene rings is 1. The average molecular weight is 293 g/mol. The van der Waals surface area contributed by atoms with Crippen molar-refractivity contribution in [3.63, 3.8) is 0 Å². The fraction of sp³-hybridized carbons (Fsp3) is 0.500. The van der Waals surface area contributed by atoms with Gasteiger partial charge in [-0.15, -0.1) is 0 Å². The third kappa shape index (κ3) is 4.16. The second kappa shape index (κ2) is 6.53. The molecular weight excluding hydrogens is 274 g/mol. The summed E-state index contributed by atoms with van der Waals surface area (Å²) in [5.74, 6) is -0.0867. The molecule has 1 unspecified atom stereocenters. The maximum absolute atomic E-state index is 11.3. The maximum Gasteiger partial charge on any atom is 0.270 e. The minimum atomic E-state index is -0.730. The second-order valence-electron chi connectivity index (χ2n) is 5.12. The highest BCUT2D eigenvalue weighted by Crippen LogP contribution is 2.27. The first-order chi connectivity index (χ1) is 10.0. The molecule has 0 bridgehead atoms. The first-order valence-electron chi connectivity index (χ1n) is 6.98. The Morgan fingerprint density at radius 1 is 1.57 bits per heavy atom. The lowest BCUT2D eigenvalue weighted by molar-refractivity contribution is -0.384. The van der Waals surface area contributed by atoms with Crippen molar-refractivity contribution in [2.45, 2.75) is 44.9 Å². The number of non-ortho nitro benzene ring substituents is 1. The predicted octanol–water partition coefficient (Wildman–Crippen LogP) is 1.49. The van der Waals surface area contributed by atoms with E-state index in [9.17, 15) is 14.9 Å². The molecule has 0 radical (unpaired) electrons. The Hall–Kier alpha value is -2.15. The van der Waals surface area contributed by atoms with E-state index in [0.29, 0.717) is 30.3 Å². The molecule has 2 rings (SSSR count). The SMILES string of the molecule is CCC(Oc1ccc([N+](=O)[O-])cc1CNC1CC1)C(N)=O. The number of rotatable bonds is 8. The van der Waals surface area contributed by atoms with E-state index in [1.54, 1.807) is 6.92 Å². The van der Waals surface area contributed by atoms with Crippen LogP contribution in [0.3, 0.4) is 0 Å². The van der Waals surface area contributed by atoms with Gasteiger partial charge in [-0.2, -0.15) is 0 Å². The number of nitro groups is 1. The van der Waals surface area contributed by atoms with Gasteiger partial charge in [0, 0.05) is 30.3 Å². The molecule has 114 valence electrons. The van der Waals surface area contributed by atoms with Gasteiger partial charge in [0.15, 0.2) is 6.10 Å². The molecular formula is C14H19N3O4. The number of hydrogen-bond donors (Lipinski definition) is 2. The molecule has 0 aliphatic heterocycles. The molecule has 1 aliphatic carbocycles. The smallest absolute Gasteiger partial charge is 0.270 e. The fourth-order valence-corrected chi connectivity index (χ4v) is 1.97. The van der Waals surface area contributed by atoms with Gasteiger partial charge in [0.05, 0.1) is 4.92 Å². The minimum absolute atomic E-state index is 0.00192. The van der Waals surface area contributed by atoms with Gasteiger partial charge in [-0.25, -0.2) is 0 Å². The van der Waals surface area contributed by atoms with Gasteiger partial charge in [0.2, 0.25) is 0 Å². The topological polar surface area (TPSA) is 107 Å². The summed E-state index contributed by atoms with van der Waals surface area (Å²) in [6.45, 7) is 2.26. The zero-order valence-electron chi connectivity index (χ0n) is 11.9. The van der Waals surface area contributed by atoms with Gasteiger partial charge >= 0.3 is 0 Å². The summed E-state index contributed by atoms with van der Waals surface area (Å²) in [5, 5.41) is 14.2. The fourth-order valence-electron chi connectivity index (χ4n) is 1.97. The molecule has 3 N–H and O–H groups in total. The summed E-state index contributed by atoms with van der Waals surface area (Å²) in [4.78, 5) is 21.7. The van der Waals surface area contributed by atoms with Gasteiger partial charge in [-0.05, 0) is 25.3 Å². The molecule has 1 amide bonds. The molecule has 0 saturated heterocycles. The normalized spacial score (nSPS) is 15.5. The van der Waals surface area contributed by atoms with Crippen LogP contribution >= 0.6 is 0 Å². The quantitative estimate of drug-likeness (QED) is 0.557. The number of nitrogens with one attached hydrogen (secondary N) is 1. The van der Waals surface area contributed by atoms with Gasteiger partial charge in [0.25, 0.3) is 11.6 Å². The average Bonchev–Trinajstić information content (AvgIpc) is 3.26. The number of carbonyl (C=O) groups is 1. The van der Waals surface area contributed by atoms with E-state index in [1.807, 2.05) is 0 Å². The van der Waals surface area contributed by atoms with Crippen molar-refractivity contribution >= 4 is 11.6 Å². The molecule has 1 saturated carbocycles. The van der Waals surface area contributed by atoms with Crippen LogP contribution in [0.1, 0.15) is 31.7 Å². The highest BCUT2D eigenvalue weighted by molar-refractivity contribution is 5.79. The van der Waals surface area contributed by atoms with E-state index < -0.39 is 16.9 Å². The lowest BCUT2D eigenvalue weighted by Gasteiger charge is -2.17. The first kappa shape index (κ1) is 15.2. The lowest BCUT2D eigenvalue weighted by Crippen LogP contribution is -2.33. The van der Waals surface area contributed by atoms with Crippen LogP contribution in [0, 0.1) is 10.1 Å². The number of carbonyl (C=O) groups excluding carboxylic acids is 1. The van der Waals surface area contributed by atoms with E-state index in [0.717, 1.165) is 12.8 Å². The first-order valence-corrected chi connectivity index (χ1v) is 6.98. The Morgan fingerprint density at radius 2 is 2.29 bits per heavy atom. The van der Waals surface area contributed by atoms with E-state index in [-0.39, 0.29) is 5.69 Å². The van der Waals surface area contributed by atoms with Crippen molar-refractivity contribution in [3.05, 3.63) is 33.9 Å². The molecule has 21 heavy (non-hydrogen) atoms. The number of primary amides is 1. The summed E-state index contributed by atoms with van der Waals surface area (Å²) in [5.41, 5.74) is 5.93. The third-order valence-corrected chi connectivity index (χ3v) is 3.37. The lowest BCUT2D eigenvalue weighted by atomic mass is 10.1. The molecule has 1 aliphatic rings. The van der Waals surface area contributed by atoms with E-state index in [2.05, 4.69) is 5.32 Å². The van der Waals surface area contributed by atoms with Crippen molar-refractivity contribution < 1.29 is 14.5 Å². The largest absolute Gasteiger partial charge is 0.480 e. The predicted molar refractivity (Wildman–Crippen MR) is 76.9 cm³/mol. The van der Waals surface area contributed by atoms with Crippen molar-refractivity contribution in [2.75, 3.05) is 0 Å². The Labute approximate surface area is 122 Å². The van der Waals surface area contributed by atoms with Gasteiger partial charge < -0.3 is 15.8 Å². The molecule has 0 aromatic heterocycles. The van der Waals surface area contributed by atoms with Crippen molar-refractivity contribution in [3.8, 4) is 5.75 Å². The second-order valence-corrected chi connectivity index (χ2v) is 5.12. The summed E-state index contributed by atoms with van der Waals surface area (Å²) in [6, 6.07) is 4.82. The highest BCUT2D eigenvalue weighted by atomic mass is 16.6. The summed E-state index contributed by atoms with van der Waals surface area (Å²) in [7, 11) is 0. The van der Waals surface area contributed by atoms with Gasteiger partial charge in [-0.1, -0.05) is 6.92 Å². The molecule has 0 heterocycles. The number of nitro benzene ring substituents is 1. The Balaban J connectivity index is 2.19. The van der Waals surface area contributed by atoms with Gasteiger partial charge in [-0.3, -0.25) is 14.9 Å². The van der Waals surface area contributed by atoms with Crippen LogP contribution in [0.15, 0.2) is 18.2 Å². The van der Waals surface area contributed by atoms with Crippen molar-refractivity contribution in [1.29, 1.82) is 0 Å². The van der Waals surface area contributed by atoms with Crippen LogP contribution in [0.5, 0.6) is 5.75 Å². The van der Waals surface area contributed by atoms with Crippen LogP contribution in [0.4, 0.5) is 5.69 Å². The maximum atomic E-state index is 11.3. The van der Waals surface area contributed by atoms with Crippen LogP contribution < -0.4 is 15.8 Å². The molecule has 7 nitrogen and oxygen atoms in total. The van der Waals surface area contributed by atoms with Crippen molar-refractivity contribution in [1.82, 2.24) is 5.32 Å². The number of nitrogens with two attached hydrogens (primary N) is 1. The van der Waals surface area contributed by atoms with E-state index in [4.69, 9.17) is 10.5 Å². The number of nitrogens with zero attached hydrogens (tertiary/aromatic N) is 1. The van der Waals surface area contributed by atoms with Crippen molar-refractivity contribution in [2.24, 2.45) is 5.73 Å². The summed E-state index contributed by atoms with van der Waals surface area (Å²) < 4.78 is 5.61. The van der Waals surface area contributed by atoms with Crippen LogP contribution in [-0.4, -0.2) is 23.0 Å². The Morgan fingerprint density at radius 3 is 2.81 bits per heavy atom. The Kier molecular flexibility index (Phi) is 4.74. The number of ether oxygens (including phenoxy) is 1. The molecule has 1 atom stereocenters. The van der Waals surface area contributed by atoms with Crippen LogP contribution in [0.2, 0.25) is 0 Å². The Bertz CT molecular complexity index is 543. The van der Waals surface area contributed by atoms with E-state index in [1.165, 1.54) is 18.2 Å². The summed E-state index contributed by atoms with van der Waals surface area (Å²) in [6.07, 6.45) is 1.95. The molecule has 7 heteroatoms. The zero-order valence-corrected chi connectivity index (χ0v) is 11.9. The minimum Gasteiger partial charge on any atom is -0.480 e. The molecule has 0 spiro atoms. The molecule has 1 aromatic carbocycles.